The quantitative estimate of drug-likeness (QED) is 0.289. The van der Waals surface area contributed by atoms with Gasteiger partial charge in [0.1, 0.15) is 0 Å². The number of piperidine rings is 1. The highest BCUT2D eigenvalue weighted by Crippen LogP contribution is 2.15. The fourth-order valence-electron chi connectivity index (χ4n) is 3.42. The molecule has 0 radical (unpaired) electrons. The molecule has 0 bridgehead atoms. The molecule has 0 atom stereocenters. The number of nitrogens with one attached hydrogen (secondary N) is 2. The van der Waals surface area contributed by atoms with E-state index >= 15 is 0 Å². The Balaban J connectivity index is 0.00000420. The maximum absolute atomic E-state index is 12.2. The topological polar surface area (TPSA) is 73.8 Å². The maximum atomic E-state index is 12.2. The lowest BCUT2D eigenvalue weighted by Gasteiger charge is -2.32. The molecule has 1 saturated heterocycles. The number of benzene rings is 1. The van der Waals surface area contributed by atoms with Gasteiger partial charge in [0.25, 0.3) is 0 Å². The molecule has 0 unspecified atom stereocenters. The van der Waals surface area contributed by atoms with Crippen molar-refractivity contribution in [3.8, 4) is 0 Å². The van der Waals surface area contributed by atoms with Crippen LogP contribution < -0.4 is 10.6 Å². The summed E-state index contributed by atoms with van der Waals surface area (Å²) in [5.41, 5.74) is 2.65. The number of aryl methyl sites for hydroxylation is 1. The van der Waals surface area contributed by atoms with E-state index in [1.807, 2.05) is 6.92 Å². The molecule has 29 heavy (non-hydrogen) atoms. The summed E-state index contributed by atoms with van der Waals surface area (Å²) in [5, 5.41) is 6.79. The molecule has 2 rings (SSSR count). The standard InChI is InChI=1S/C21H36N4O2S.HI/c1-4-17-28(26,27)25-15-12-20(13-16-25)24-21(22-6-3)23-14-11-19-9-7-18(5-2)8-10-19;/h7-10,20H,4-6,11-17H2,1-3H3,(H2,22,23,24);1H. The van der Waals surface area contributed by atoms with E-state index in [0.717, 1.165) is 44.7 Å². The van der Waals surface area contributed by atoms with Crippen molar-refractivity contribution < 1.29 is 8.42 Å². The summed E-state index contributed by atoms with van der Waals surface area (Å²) in [6.45, 7) is 8.83. The molecule has 6 nitrogen and oxygen atoms in total. The second-order valence-corrected chi connectivity index (χ2v) is 9.40. The third kappa shape index (κ3) is 8.80. The second-order valence-electron chi connectivity index (χ2n) is 7.31. The molecule has 1 aliphatic rings. The smallest absolute Gasteiger partial charge is 0.214 e. The number of hydrogen-bond acceptors (Lipinski definition) is 3. The molecule has 0 saturated carbocycles. The summed E-state index contributed by atoms with van der Waals surface area (Å²) in [6, 6.07) is 8.99. The van der Waals surface area contributed by atoms with E-state index in [9.17, 15) is 8.42 Å². The molecule has 1 aromatic carbocycles. The van der Waals surface area contributed by atoms with Gasteiger partial charge >= 0.3 is 0 Å². The zero-order chi connectivity index (χ0) is 20.4. The van der Waals surface area contributed by atoms with Gasteiger partial charge in [-0.25, -0.2) is 12.7 Å². The van der Waals surface area contributed by atoms with Gasteiger partial charge in [0.05, 0.1) is 5.75 Å². The first kappa shape index (κ1) is 26.2. The average Bonchev–Trinajstić information content (AvgIpc) is 2.69. The van der Waals surface area contributed by atoms with E-state index < -0.39 is 10.0 Å². The molecule has 0 spiro atoms. The molecule has 0 aromatic heterocycles. The first-order chi connectivity index (χ1) is 13.5. The minimum Gasteiger partial charge on any atom is -0.357 e. The molecule has 166 valence electrons. The Kier molecular flexibility index (Phi) is 12.1. The Hall–Kier alpha value is -0.870. The molecule has 8 heteroatoms. The molecule has 1 heterocycles. The number of halogens is 1. The Bertz CT molecular complexity index is 715. The van der Waals surface area contributed by atoms with Crippen molar-refractivity contribution in [1.29, 1.82) is 0 Å². The lowest BCUT2D eigenvalue weighted by Crippen LogP contribution is -2.50. The van der Waals surface area contributed by atoms with Gasteiger partial charge < -0.3 is 10.6 Å². The predicted octanol–water partition coefficient (Wildman–Crippen LogP) is 3.17. The van der Waals surface area contributed by atoms with Crippen LogP contribution in [0.25, 0.3) is 0 Å². The Morgan fingerprint density at radius 3 is 2.28 bits per heavy atom. The molecular weight excluding hydrogens is 499 g/mol. The summed E-state index contributed by atoms with van der Waals surface area (Å²) in [7, 11) is -3.09. The maximum Gasteiger partial charge on any atom is 0.214 e. The van der Waals surface area contributed by atoms with Gasteiger partial charge in [-0.05, 0) is 50.2 Å². The van der Waals surface area contributed by atoms with Crippen molar-refractivity contribution in [2.75, 3.05) is 31.9 Å². The monoisotopic (exact) mass is 536 g/mol. The van der Waals surface area contributed by atoms with Gasteiger partial charge in [-0.15, -0.1) is 24.0 Å². The van der Waals surface area contributed by atoms with Crippen LogP contribution in [0.15, 0.2) is 29.3 Å². The van der Waals surface area contributed by atoms with Crippen molar-refractivity contribution in [3.63, 3.8) is 0 Å². The number of guanidine groups is 1. The predicted molar refractivity (Wildman–Crippen MR) is 133 cm³/mol. The van der Waals surface area contributed by atoms with Crippen LogP contribution in [0.5, 0.6) is 0 Å². The first-order valence-electron chi connectivity index (χ1n) is 10.6. The van der Waals surface area contributed by atoms with Crippen LogP contribution in [0, 0.1) is 0 Å². The highest BCUT2D eigenvalue weighted by molar-refractivity contribution is 14.0. The summed E-state index contributed by atoms with van der Waals surface area (Å²) in [5.74, 6) is 1.07. The van der Waals surface area contributed by atoms with Crippen LogP contribution in [0.1, 0.15) is 51.2 Å². The molecule has 0 aliphatic carbocycles. The van der Waals surface area contributed by atoms with E-state index in [1.165, 1.54) is 11.1 Å². The van der Waals surface area contributed by atoms with Crippen LogP contribution >= 0.6 is 24.0 Å². The minimum absolute atomic E-state index is 0. The second kappa shape index (κ2) is 13.4. The Morgan fingerprint density at radius 2 is 1.72 bits per heavy atom. The molecule has 2 N–H and O–H groups in total. The van der Waals surface area contributed by atoms with Crippen LogP contribution in [-0.4, -0.2) is 56.7 Å². The van der Waals surface area contributed by atoms with E-state index in [4.69, 9.17) is 4.99 Å². The van der Waals surface area contributed by atoms with E-state index in [1.54, 1.807) is 4.31 Å². The molecule has 1 aromatic rings. The molecule has 1 aliphatic heterocycles. The Morgan fingerprint density at radius 1 is 1.10 bits per heavy atom. The van der Waals surface area contributed by atoms with E-state index in [-0.39, 0.29) is 35.8 Å². The summed E-state index contributed by atoms with van der Waals surface area (Å²) < 4.78 is 26.0. The average molecular weight is 537 g/mol. The van der Waals surface area contributed by atoms with Crippen LogP contribution in [-0.2, 0) is 22.9 Å². The lowest BCUT2D eigenvalue weighted by molar-refractivity contribution is 0.306. The van der Waals surface area contributed by atoms with Crippen LogP contribution in [0.3, 0.4) is 0 Å². The fourth-order valence-corrected chi connectivity index (χ4v) is 4.96. The van der Waals surface area contributed by atoms with Gasteiger partial charge in [0.15, 0.2) is 5.96 Å². The third-order valence-electron chi connectivity index (χ3n) is 5.10. The van der Waals surface area contributed by atoms with Crippen molar-refractivity contribution in [2.45, 2.75) is 58.9 Å². The van der Waals surface area contributed by atoms with E-state index in [2.05, 4.69) is 48.7 Å². The van der Waals surface area contributed by atoms with Crippen molar-refractivity contribution >= 4 is 40.0 Å². The normalized spacial score (nSPS) is 16.3. The third-order valence-corrected chi connectivity index (χ3v) is 7.17. The van der Waals surface area contributed by atoms with Gasteiger partial charge in [-0.2, -0.15) is 0 Å². The van der Waals surface area contributed by atoms with Gasteiger partial charge in [0.2, 0.25) is 10.0 Å². The lowest BCUT2D eigenvalue weighted by atomic mass is 10.1. The first-order valence-corrected chi connectivity index (χ1v) is 12.2. The SMILES string of the molecule is CCCS(=O)(=O)N1CCC(NC(=NCCc2ccc(CC)cc2)NCC)CC1.I. The van der Waals surface area contributed by atoms with Crippen molar-refractivity contribution in [2.24, 2.45) is 4.99 Å². The zero-order valence-corrected chi connectivity index (χ0v) is 21.1. The molecule has 1 fully saturated rings. The van der Waals surface area contributed by atoms with Crippen molar-refractivity contribution in [1.82, 2.24) is 14.9 Å². The van der Waals surface area contributed by atoms with Gasteiger partial charge in [0, 0.05) is 32.2 Å². The van der Waals surface area contributed by atoms with Crippen LogP contribution in [0.4, 0.5) is 0 Å². The van der Waals surface area contributed by atoms with Gasteiger partial charge in [-0.1, -0.05) is 38.1 Å². The largest absolute Gasteiger partial charge is 0.357 e. The fraction of sp³-hybridized carbons (Fsp3) is 0.667. The molecule has 0 amide bonds. The van der Waals surface area contributed by atoms with Gasteiger partial charge in [-0.3, -0.25) is 4.99 Å². The number of aliphatic imine (C=N–C) groups is 1. The summed E-state index contributed by atoms with van der Waals surface area (Å²) >= 11 is 0. The summed E-state index contributed by atoms with van der Waals surface area (Å²) in [6.07, 6.45) is 4.26. The highest BCUT2D eigenvalue weighted by Gasteiger charge is 2.27. The number of hydrogen-bond donors (Lipinski definition) is 2. The number of rotatable bonds is 9. The number of sulfonamides is 1. The number of nitrogens with zero attached hydrogens (tertiary/aromatic N) is 2. The molecular formula is C21H37IN4O2S. The minimum atomic E-state index is -3.09. The van der Waals surface area contributed by atoms with Crippen molar-refractivity contribution in [3.05, 3.63) is 35.4 Å². The van der Waals surface area contributed by atoms with E-state index in [0.29, 0.717) is 19.5 Å². The van der Waals surface area contributed by atoms with Crippen LogP contribution in [0.2, 0.25) is 0 Å². The highest BCUT2D eigenvalue weighted by atomic mass is 127. The Labute approximate surface area is 194 Å². The summed E-state index contributed by atoms with van der Waals surface area (Å²) in [4.78, 5) is 4.71. The zero-order valence-electron chi connectivity index (χ0n) is 18.0.